The van der Waals surface area contributed by atoms with Crippen LogP contribution in [0.5, 0.6) is 0 Å². The third kappa shape index (κ3) is 3.04. The first-order valence-corrected chi connectivity index (χ1v) is 8.19. The molecule has 1 aromatic rings. The fraction of sp³-hybridized carbons (Fsp3) is 0.636. The van der Waals surface area contributed by atoms with Gasteiger partial charge >= 0.3 is 12.0 Å². The summed E-state index contributed by atoms with van der Waals surface area (Å²) < 4.78 is 0. The molecule has 1 fully saturated rings. The Morgan fingerprint density at radius 3 is 2.75 bits per heavy atom. The van der Waals surface area contributed by atoms with Crippen LogP contribution < -0.4 is 5.32 Å². The third-order valence-corrected chi connectivity index (χ3v) is 5.38. The number of carboxylic acids is 1. The number of hydrogen-bond acceptors (Lipinski definition) is 6. The maximum atomic E-state index is 12.3. The minimum atomic E-state index is -0.977. The molecule has 1 saturated heterocycles. The maximum Gasteiger partial charge on any atom is 0.327 e. The van der Waals surface area contributed by atoms with E-state index in [9.17, 15) is 14.7 Å². The predicted octanol–water partition coefficient (Wildman–Crippen LogP) is 1.87. The lowest BCUT2D eigenvalue weighted by Crippen LogP contribution is -2.47. The normalized spacial score (nSPS) is 22.0. The van der Waals surface area contributed by atoms with E-state index in [0.717, 1.165) is 11.4 Å². The second-order valence-electron chi connectivity index (χ2n) is 4.24. The molecule has 20 heavy (non-hydrogen) atoms. The molecule has 2 amide bonds. The number of aliphatic carboxylic acids is 1. The number of nitrogens with one attached hydrogen (secondary N) is 1. The highest BCUT2D eigenvalue weighted by Gasteiger charge is 2.41. The van der Waals surface area contributed by atoms with Crippen LogP contribution in [0.25, 0.3) is 0 Å². The van der Waals surface area contributed by atoms with Gasteiger partial charge in [-0.3, -0.25) is 10.2 Å². The van der Waals surface area contributed by atoms with Gasteiger partial charge in [0.25, 0.3) is 0 Å². The number of rotatable bonds is 4. The van der Waals surface area contributed by atoms with Crippen molar-refractivity contribution in [3.05, 3.63) is 5.01 Å². The Bertz CT molecular complexity index is 508. The summed E-state index contributed by atoms with van der Waals surface area (Å²) in [7, 11) is 0. The van der Waals surface area contributed by atoms with Gasteiger partial charge in [-0.1, -0.05) is 25.2 Å². The van der Waals surface area contributed by atoms with Crippen molar-refractivity contribution in [2.24, 2.45) is 0 Å². The molecule has 0 bridgehead atoms. The Labute approximate surface area is 124 Å². The van der Waals surface area contributed by atoms with Gasteiger partial charge in [-0.15, -0.1) is 22.0 Å². The molecule has 2 unspecified atom stereocenters. The molecule has 9 heteroatoms. The number of carboxylic acid groups (broad SMARTS) is 1. The standard InChI is InChI=1S/C11H16N4O3S2/c1-3-7-13-14-10(20-7)12-11(18)15-6(9(16)17)5-19-8(15)4-2/h6,8H,3-5H2,1-2H3,(H,16,17)(H,12,14,18). The molecular formula is C11H16N4O3S2. The van der Waals surface area contributed by atoms with Crippen molar-refractivity contribution in [1.82, 2.24) is 15.1 Å². The topological polar surface area (TPSA) is 95.4 Å². The van der Waals surface area contributed by atoms with Crippen LogP contribution in [0.1, 0.15) is 25.3 Å². The summed E-state index contributed by atoms with van der Waals surface area (Å²) in [5, 5.41) is 20.8. The summed E-state index contributed by atoms with van der Waals surface area (Å²) in [6.45, 7) is 3.89. The van der Waals surface area contributed by atoms with Crippen molar-refractivity contribution in [2.45, 2.75) is 38.1 Å². The fourth-order valence-electron chi connectivity index (χ4n) is 1.94. The van der Waals surface area contributed by atoms with Crippen LogP contribution in [0.3, 0.4) is 0 Å². The predicted molar refractivity (Wildman–Crippen MR) is 78.1 cm³/mol. The molecule has 1 aliphatic rings. The summed E-state index contributed by atoms with van der Waals surface area (Å²) in [4.78, 5) is 24.9. The van der Waals surface area contributed by atoms with Crippen molar-refractivity contribution in [3.63, 3.8) is 0 Å². The smallest absolute Gasteiger partial charge is 0.327 e. The molecule has 7 nitrogen and oxygen atoms in total. The quantitative estimate of drug-likeness (QED) is 0.880. The molecular weight excluding hydrogens is 300 g/mol. The molecule has 0 radical (unpaired) electrons. The Kier molecular flexibility index (Phi) is 4.81. The molecule has 2 N–H and O–H groups in total. The Morgan fingerprint density at radius 2 is 2.20 bits per heavy atom. The second-order valence-corrected chi connectivity index (χ2v) is 6.52. The van der Waals surface area contributed by atoms with Gasteiger partial charge in [0.05, 0.1) is 5.37 Å². The van der Waals surface area contributed by atoms with Crippen LogP contribution in [0.4, 0.5) is 9.93 Å². The number of hydrogen-bond donors (Lipinski definition) is 2. The first-order valence-electron chi connectivity index (χ1n) is 6.32. The number of carbonyl (C=O) groups is 2. The number of carbonyl (C=O) groups excluding carboxylic acids is 1. The molecule has 0 spiro atoms. The van der Waals surface area contributed by atoms with Gasteiger partial charge in [0, 0.05) is 5.75 Å². The van der Waals surface area contributed by atoms with Crippen LogP contribution in [-0.4, -0.2) is 49.4 Å². The fourth-order valence-corrected chi connectivity index (χ4v) is 3.96. The van der Waals surface area contributed by atoms with Crippen LogP contribution in [0.2, 0.25) is 0 Å². The SMILES string of the molecule is CCc1nnc(NC(=O)N2C(CC)SCC2C(=O)O)s1. The average Bonchev–Trinajstić information content (AvgIpc) is 3.03. The number of aromatic nitrogens is 2. The minimum Gasteiger partial charge on any atom is -0.480 e. The average molecular weight is 316 g/mol. The van der Waals surface area contributed by atoms with Crippen molar-refractivity contribution < 1.29 is 14.7 Å². The zero-order valence-electron chi connectivity index (χ0n) is 11.2. The largest absolute Gasteiger partial charge is 0.480 e. The number of nitrogens with zero attached hydrogens (tertiary/aromatic N) is 3. The summed E-state index contributed by atoms with van der Waals surface area (Å²) in [5.74, 6) is -0.562. The van der Waals surface area contributed by atoms with Gasteiger partial charge in [0.15, 0.2) is 0 Å². The van der Waals surface area contributed by atoms with Crippen molar-refractivity contribution in [2.75, 3.05) is 11.1 Å². The van der Waals surface area contributed by atoms with Gasteiger partial charge in [0.1, 0.15) is 11.0 Å². The summed E-state index contributed by atoms with van der Waals surface area (Å²) in [6, 6.07) is -1.21. The Morgan fingerprint density at radius 1 is 1.45 bits per heavy atom. The van der Waals surface area contributed by atoms with E-state index < -0.39 is 18.0 Å². The summed E-state index contributed by atoms with van der Waals surface area (Å²) in [5.41, 5.74) is 0. The molecule has 2 atom stereocenters. The van der Waals surface area contributed by atoms with Crippen molar-refractivity contribution in [1.29, 1.82) is 0 Å². The first-order chi connectivity index (χ1) is 9.56. The minimum absolute atomic E-state index is 0.116. The number of urea groups is 1. The highest BCUT2D eigenvalue weighted by molar-refractivity contribution is 8.00. The van der Waals surface area contributed by atoms with E-state index in [-0.39, 0.29) is 5.37 Å². The van der Waals surface area contributed by atoms with Gasteiger partial charge in [-0.05, 0) is 12.8 Å². The lowest BCUT2D eigenvalue weighted by molar-refractivity contribution is -0.141. The Balaban J connectivity index is 2.10. The zero-order chi connectivity index (χ0) is 14.7. The third-order valence-electron chi connectivity index (χ3n) is 2.94. The molecule has 0 saturated carbocycles. The summed E-state index contributed by atoms with van der Waals surface area (Å²) >= 11 is 2.79. The van der Waals surface area contributed by atoms with E-state index in [0.29, 0.717) is 17.3 Å². The van der Waals surface area contributed by atoms with Crippen LogP contribution in [-0.2, 0) is 11.2 Å². The van der Waals surface area contributed by atoms with Gasteiger partial charge in [0.2, 0.25) is 5.13 Å². The number of amides is 2. The zero-order valence-corrected chi connectivity index (χ0v) is 12.8. The number of anilines is 1. The Hall–Kier alpha value is -1.35. The van der Waals surface area contributed by atoms with Gasteiger partial charge < -0.3 is 5.11 Å². The van der Waals surface area contributed by atoms with Crippen LogP contribution in [0, 0.1) is 0 Å². The molecule has 0 aromatic carbocycles. The first kappa shape index (κ1) is 15.0. The van der Waals surface area contributed by atoms with E-state index in [1.807, 2.05) is 13.8 Å². The van der Waals surface area contributed by atoms with E-state index >= 15 is 0 Å². The van der Waals surface area contributed by atoms with E-state index in [4.69, 9.17) is 0 Å². The number of thioether (sulfide) groups is 1. The van der Waals surface area contributed by atoms with E-state index in [1.165, 1.54) is 28.0 Å². The highest BCUT2D eigenvalue weighted by atomic mass is 32.2. The molecule has 2 heterocycles. The summed E-state index contributed by atoms with van der Waals surface area (Å²) in [6.07, 6.45) is 1.46. The van der Waals surface area contributed by atoms with Crippen molar-refractivity contribution in [3.8, 4) is 0 Å². The highest BCUT2D eigenvalue weighted by Crippen LogP contribution is 2.32. The van der Waals surface area contributed by atoms with Gasteiger partial charge in [-0.2, -0.15) is 0 Å². The lowest BCUT2D eigenvalue weighted by Gasteiger charge is -2.26. The van der Waals surface area contributed by atoms with E-state index in [2.05, 4.69) is 15.5 Å². The second kappa shape index (κ2) is 6.40. The van der Waals surface area contributed by atoms with Crippen LogP contribution in [0.15, 0.2) is 0 Å². The molecule has 110 valence electrons. The molecule has 1 aliphatic heterocycles. The number of aryl methyl sites for hydroxylation is 1. The molecule has 2 rings (SSSR count). The van der Waals surface area contributed by atoms with Crippen LogP contribution >= 0.6 is 23.1 Å². The van der Waals surface area contributed by atoms with Gasteiger partial charge in [-0.25, -0.2) is 9.59 Å². The molecule has 0 aliphatic carbocycles. The van der Waals surface area contributed by atoms with Crippen molar-refractivity contribution >= 4 is 40.2 Å². The monoisotopic (exact) mass is 316 g/mol. The molecule has 1 aromatic heterocycles. The van der Waals surface area contributed by atoms with E-state index in [1.54, 1.807) is 0 Å². The lowest BCUT2D eigenvalue weighted by atomic mass is 10.3. The maximum absolute atomic E-state index is 12.3.